The first-order valence-corrected chi connectivity index (χ1v) is 13.5. The van der Waals surface area contributed by atoms with Crippen LogP contribution in [0.5, 0.6) is 0 Å². The molecule has 38 heavy (non-hydrogen) atoms. The molecule has 0 aromatic heterocycles. The lowest BCUT2D eigenvalue weighted by atomic mass is 9.82. The monoisotopic (exact) mass is 581 g/mol. The fourth-order valence-corrected chi connectivity index (χ4v) is 5.31. The number of ketones is 1. The van der Waals surface area contributed by atoms with Crippen molar-refractivity contribution in [2.24, 2.45) is 5.92 Å². The molecule has 204 valence electrons. The summed E-state index contributed by atoms with van der Waals surface area (Å²) in [6.45, 7) is 3.52. The highest BCUT2D eigenvalue weighted by Gasteiger charge is 2.32. The molecule has 0 unspecified atom stereocenters. The van der Waals surface area contributed by atoms with Gasteiger partial charge in [0.05, 0.1) is 33.6 Å². The number of hydrogen-bond donors (Lipinski definition) is 1. The van der Waals surface area contributed by atoms with Crippen LogP contribution in [0.15, 0.2) is 36.4 Å². The van der Waals surface area contributed by atoms with Gasteiger partial charge < -0.3 is 14.7 Å². The molecule has 1 aliphatic rings. The Morgan fingerprint density at radius 2 is 1.63 bits per heavy atom. The summed E-state index contributed by atoms with van der Waals surface area (Å²) in [5.41, 5.74) is -0.139. The normalized spacial score (nSPS) is 14.1. The molecule has 1 aliphatic carbocycles. The molecule has 0 radical (unpaired) electrons. The van der Waals surface area contributed by atoms with E-state index in [0.29, 0.717) is 22.9 Å². The van der Waals surface area contributed by atoms with Gasteiger partial charge in [-0.05, 0) is 62.1 Å². The number of aromatic carboxylic acids is 1. The van der Waals surface area contributed by atoms with E-state index in [1.165, 1.54) is 29.5 Å². The van der Waals surface area contributed by atoms with Crippen LogP contribution < -0.4 is 4.90 Å². The van der Waals surface area contributed by atoms with Crippen LogP contribution in [0.3, 0.4) is 0 Å². The average Bonchev–Trinajstić information content (AvgIpc) is 2.84. The second-order valence-corrected chi connectivity index (χ2v) is 11.4. The molecule has 1 fully saturated rings. The minimum Gasteiger partial charge on any atom is -0.478 e. The molecule has 2 aromatic carbocycles. The number of nitrogens with zero attached hydrogens (tertiary/aromatic N) is 1. The van der Waals surface area contributed by atoms with Gasteiger partial charge in [0.25, 0.3) is 0 Å². The standard InChI is InChI=1S/C28H30Cl3NO6/c1-28(2,15-17-6-4-3-5-7-17)38-27(37)24(33)14-25(34)32(16-18-8-11-21(29)23(31)12-18)19-9-10-20(26(35)36)22(30)13-19/h8-13,17H,3-7,14-16H2,1-2H3,(H,35,36). The third-order valence-corrected chi connectivity index (χ3v) is 7.59. The van der Waals surface area contributed by atoms with E-state index in [9.17, 15) is 24.3 Å². The highest BCUT2D eigenvalue weighted by Crippen LogP contribution is 2.32. The molecule has 1 N–H and O–H groups in total. The Morgan fingerprint density at radius 3 is 2.24 bits per heavy atom. The molecule has 0 saturated heterocycles. The van der Waals surface area contributed by atoms with Crippen molar-refractivity contribution in [2.75, 3.05) is 4.90 Å². The number of halogens is 3. The summed E-state index contributed by atoms with van der Waals surface area (Å²) in [6, 6.07) is 8.78. The maximum Gasteiger partial charge on any atom is 0.375 e. The second-order valence-electron chi connectivity index (χ2n) is 10.2. The lowest BCUT2D eigenvalue weighted by Gasteiger charge is -2.31. The molecule has 0 bridgehead atoms. The van der Waals surface area contributed by atoms with Gasteiger partial charge in [0, 0.05) is 5.69 Å². The van der Waals surface area contributed by atoms with Crippen molar-refractivity contribution in [1.82, 2.24) is 0 Å². The molecule has 10 heteroatoms. The first-order valence-electron chi connectivity index (χ1n) is 12.4. The largest absolute Gasteiger partial charge is 0.478 e. The third-order valence-electron chi connectivity index (χ3n) is 6.53. The Labute approximate surface area is 237 Å². The molecule has 1 amide bonds. The van der Waals surface area contributed by atoms with E-state index in [1.54, 1.807) is 32.0 Å². The topological polar surface area (TPSA) is 101 Å². The molecule has 3 rings (SSSR count). The second kappa shape index (κ2) is 13.0. The van der Waals surface area contributed by atoms with Crippen LogP contribution in [0, 0.1) is 5.92 Å². The zero-order chi connectivity index (χ0) is 28.0. The number of carboxylic acid groups (broad SMARTS) is 1. The number of carbonyl (C=O) groups is 4. The molecule has 1 saturated carbocycles. The van der Waals surface area contributed by atoms with Gasteiger partial charge in [-0.3, -0.25) is 9.59 Å². The van der Waals surface area contributed by atoms with Gasteiger partial charge >= 0.3 is 11.9 Å². The van der Waals surface area contributed by atoms with Gasteiger partial charge in [-0.1, -0.05) is 73.0 Å². The first-order chi connectivity index (χ1) is 17.9. The van der Waals surface area contributed by atoms with Crippen molar-refractivity contribution in [2.45, 2.75) is 70.9 Å². The number of ether oxygens (including phenoxy) is 1. The fourth-order valence-electron chi connectivity index (χ4n) is 4.73. The van der Waals surface area contributed by atoms with E-state index in [1.807, 2.05) is 0 Å². The van der Waals surface area contributed by atoms with Crippen LogP contribution in [-0.4, -0.2) is 34.3 Å². The summed E-state index contributed by atoms with van der Waals surface area (Å²) in [5, 5.41) is 9.80. The van der Waals surface area contributed by atoms with Crippen LogP contribution >= 0.6 is 34.8 Å². The van der Waals surface area contributed by atoms with Crippen molar-refractivity contribution in [1.29, 1.82) is 0 Å². The quantitative estimate of drug-likeness (QED) is 0.182. The predicted molar refractivity (Wildman–Crippen MR) is 147 cm³/mol. The number of carbonyl (C=O) groups excluding carboxylic acids is 3. The fraction of sp³-hybridized carbons (Fsp3) is 0.429. The first kappa shape index (κ1) is 29.9. The third kappa shape index (κ3) is 8.19. The van der Waals surface area contributed by atoms with E-state index >= 15 is 0 Å². The van der Waals surface area contributed by atoms with Crippen molar-refractivity contribution in [3.63, 3.8) is 0 Å². The number of carboxylic acids is 1. The Balaban J connectivity index is 1.77. The maximum absolute atomic E-state index is 13.3. The van der Waals surface area contributed by atoms with E-state index in [4.69, 9.17) is 39.5 Å². The molecule has 7 nitrogen and oxygen atoms in total. The van der Waals surface area contributed by atoms with Crippen LogP contribution in [-0.2, 0) is 25.7 Å². The number of rotatable bonds is 10. The number of esters is 1. The zero-order valence-corrected chi connectivity index (χ0v) is 23.5. The van der Waals surface area contributed by atoms with Gasteiger partial charge in [-0.2, -0.15) is 0 Å². The molecular formula is C28H30Cl3NO6. The van der Waals surface area contributed by atoms with Gasteiger partial charge in [0.1, 0.15) is 5.60 Å². The number of Topliss-reactive ketones (excluding diaryl/α,β-unsaturated/α-hetero) is 1. The van der Waals surface area contributed by atoms with Gasteiger partial charge in [0.15, 0.2) is 0 Å². The Hall–Kier alpha value is -2.61. The van der Waals surface area contributed by atoms with Crippen LogP contribution in [0.4, 0.5) is 5.69 Å². The van der Waals surface area contributed by atoms with Crippen molar-refractivity contribution in [3.8, 4) is 0 Å². The number of anilines is 1. The molecular weight excluding hydrogens is 553 g/mol. The lowest BCUT2D eigenvalue weighted by molar-refractivity contribution is -0.165. The van der Waals surface area contributed by atoms with Crippen molar-refractivity contribution in [3.05, 3.63) is 62.6 Å². The zero-order valence-electron chi connectivity index (χ0n) is 21.3. The summed E-state index contributed by atoms with van der Waals surface area (Å²) in [6.07, 6.45) is 5.55. The van der Waals surface area contributed by atoms with E-state index in [0.717, 1.165) is 25.7 Å². The smallest absolute Gasteiger partial charge is 0.375 e. The summed E-state index contributed by atoms with van der Waals surface area (Å²) in [5.74, 6) is -3.52. The Kier molecular flexibility index (Phi) is 10.2. The summed E-state index contributed by atoms with van der Waals surface area (Å²) < 4.78 is 5.52. The Bertz CT molecular complexity index is 1220. The van der Waals surface area contributed by atoms with E-state index in [2.05, 4.69) is 0 Å². The number of benzene rings is 2. The van der Waals surface area contributed by atoms with Crippen molar-refractivity contribution >= 4 is 64.1 Å². The van der Waals surface area contributed by atoms with Gasteiger partial charge in [-0.15, -0.1) is 0 Å². The average molecular weight is 583 g/mol. The maximum atomic E-state index is 13.3. The number of hydrogen-bond acceptors (Lipinski definition) is 5. The molecule has 0 atom stereocenters. The van der Waals surface area contributed by atoms with Crippen molar-refractivity contribution < 1.29 is 29.0 Å². The van der Waals surface area contributed by atoms with Crippen LogP contribution in [0.25, 0.3) is 0 Å². The van der Waals surface area contributed by atoms with Gasteiger partial charge in [0.2, 0.25) is 11.7 Å². The summed E-state index contributed by atoms with van der Waals surface area (Å²) in [4.78, 5) is 51.3. The van der Waals surface area contributed by atoms with Gasteiger partial charge in [-0.25, -0.2) is 9.59 Å². The Morgan fingerprint density at radius 1 is 0.947 bits per heavy atom. The molecule has 2 aromatic rings. The highest BCUT2D eigenvalue weighted by molar-refractivity contribution is 6.42. The minimum atomic E-state index is -1.22. The molecule has 0 aliphatic heterocycles. The highest BCUT2D eigenvalue weighted by atomic mass is 35.5. The van der Waals surface area contributed by atoms with E-state index < -0.39 is 35.7 Å². The summed E-state index contributed by atoms with van der Waals surface area (Å²) in [7, 11) is 0. The lowest BCUT2D eigenvalue weighted by Crippen LogP contribution is -2.37. The number of amides is 1. The van der Waals surface area contributed by atoms with Crippen LogP contribution in [0.2, 0.25) is 15.1 Å². The molecule has 0 heterocycles. The predicted octanol–water partition coefficient (Wildman–Crippen LogP) is 7.13. The summed E-state index contributed by atoms with van der Waals surface area (Å²) >= 11 is 18.3. The van der Waals surface area contributed by atoms with E-state index in [-0.39, 0.29) is 27.8 Å². The SMILES string of the molecule is CC(C)(CC1CCCCC1)OC(=O)C(=O)CC(=O)N(Cc1ccc(Cl)c(Cl)c1)c1ccc(C(=O)O)c(Cl)c1. The van der Waals surface area contributed by atoms with Crippen LogP contribution in [0.1, 0.15) is 74.7 Å². The molecule has 0 spiro atoms. The minimum absolute atomic E-state index is 0.0338.